The van der Waals surface area contributed by atoms with Gasteiger partial charge >= 0.3 is 5.97 Å². The average molecular weight is 286 g/mol. The van der Waals surface area contributed by atoms with Gasteiger partial charge in [-0.2, -0.15) is 0 Å². The number of hydrogen-bond acceptors (Lipinski definition) is 4. The second-order valence-corrected chi connectivity index (χ2v) is 7.55. The zero-order chi connectivity index (χ0) is 15.8. The van der Waals surface area contributed by atoms with E-state index in [4.69, 9.17) is 4.74 Å². The molecule has 1 fully saturated rings. The van der Waals surface area contributed by atoms with Gasteiger partial charge in [0.25, 0.3) is 0 Å². The van der Waals surface area contributed by atoms with E-state index in [1.807, 2.05) is 20.8 Å². The zero-order valence-corrected chi connectivity index (χ0v) is 13.7. The van der Waals surface area contributed by atoms with Crippen molar-refractivity contribution in [2.24, 2.45) is 16.7 Å². The van der Waals surface area contributed by atoms with Crippen LogP contribution in [0.3, 0.4) is 0 Å². The van der Waals surface area contributed by atoms with Gasteiger partial charge in [0, 0.05) is 0 Å². The Morgan fingerprint density at radius 3 is 2.40 bits per heavy atom. The number of aliphatic hydroxyl groups excluding tert-OH is 1. The van der Waals surface area contributed by atoms with E-state index >= 15 is 0 Å². The molecule has 0 radical (unpaired) electrons. The topological polar surface area (TPSA) is 66.8 Å². The molecule has 0 aromatic carbocycles. The molecule has 1 aliphatic carbocycles. The third kappa shape index (κ3) is 3.01. The summed E-state index contributed by atoms with van der Waals surface area (Å²) in [5.74, 6) is -0.427. The molecule has 0 bridgehead atoms. The fourth-order valence-electron chi connectivity index (χ4n) is 3.02. The molecule has 0 heterocycles. The highest BCUT2D eigenvalue weighted by Gasteiger charge is 2.59. The SMILES string of the molecule is CCOC(=O)[C@@]1(C)CC[C@H](CC(O)C(C)(C)C)[C@@]1(C)O. The Labute approximate surface area is 122 Å². The summed E-state index contributed by atoms with van der Waals surface area (Å²) in [6, 6.07) is 0. The third-order valence-electron chi connectivity index (χ3n) is 5.14. The normalized spacial score (nSPS) is 35.9. The summed E-state index contributed by atoms with van der Waals surface area (Å²) in [5, 5.41) is 21.1. The summed E-state index contributed by atoms with van der Waals surface area (Å²) < 4.78 is 5.12. The van der Waals surface area contributed by atoms with Crippen LogP contribution >= 0.6 is 0 Å². The summed E-state index contributed by atoms with van der Waals surface area (Å²) in [7, 11) is 0. The van der Waals surface area contributed by atoms with Crippen LogP contribution in [0.25, 0.3) is 0 Å². The highest BCUT2D eigenvalue weighted by molar-refractivity contribution is 5.78. The van der Waals surface area contributed by atoms with Gasteiger partial charge in [-0.3, -0.25) is 4.79 Å². The zero-order valence-electron chi connectivity index (χ0n) is 13.7. The molecule has 1 saturated carbocycles. The monoisotopic (exact) mass is 286 g/mol. The maximum Gasteiger partial charge on any atom is 0.314 e. The molecule has 0 aliphatic heterocycles. The van der Waals surface area contributed by atoms with Gasteiger partial charge in [-0.25, -0.2) is 0 Å². The molecule has 4 atom stereocenters. The van der Waals surface area contributed by atoms with Gasteiger partial charge in [-0.05, 0) is 51.4 Å². The molecule has 1 rings (SSSR count). The van der Waals surface area contributed by atoms with Crippen LogP contribution in [0.5, 0.6) is 0 Å². The predicted octanol–water partition coefficient (Wildman–Crippen LogP) is 2.51. The Balaban J connectivity index is 2.87. The highest BCUT2D eigenvalue weighted by Crippen LogP contribution is 2.52. The molecule has 4 heteroatoms. The molecule has 118 valence electrons. The van der Waals surface area contributed by atoms with Crippen molar-refractivity contribution in [2.75, 3.05) is 6.61 Å². The third-order valence-corrected chi connectivity index (χ3v) is 5.14. The molecular weight excluding hydrogens is 256 g/mol. The first-order chi connectivity index (χ1) is 8.96. The minimum atomic E-state index is -1.15. The van der Waals surface area contributed by atoms with Gasteiger partial charge in [0.15, 0.2) is 0 Å². The van der Waals surface area contributed by atoms with Crippen LogP contribution < -0.4 is 0 Å². The standard InChI is InChI=1S/C16H30O4/c1-7-20-13(18)15(5)9-8-11(16(15,6)19)10-12(17)14(2,3)4/h11-12,17,19H,7-10H2,1-6H3/t11-,12?,15-,16-/m1/s1. The maximum atomic E-state index is 12.2. The average Bonchev–Trinajstić information content (AvgIpc) is 2.53. The van der Waals surface area contributed by atoms with Crippen LogP contribution in [0, 0.1) is 16.7 Å². The number of rotatable bonds is 4. The van der Waals surface area contributed by atoms with Crippen LogP contribution in [0.1, 0.15) is 60.8 Å². The van der Waals surface area contributed by atoms with Crippen LogP contribution in [-0.2, 0) is 9.53 Å². The Morgan fingerprint density at radius 1 is 1.40 bits per heavy atom. The van der Waals surface area contributed by atoms with Crippen molar-refractivity contribution in [3.05, 3.63) is 0 Å². The van der Waals surface area contributed by atoms with Crippen molar-refractivity contribution in [3.8, 4) is 0 Å². The predicted molar refractivity (Wildman–Crippen MR) is 78.2 cm³/mol. The van der Waals surface area contributed by atoms with E-state index in [2.05, 4.69) is 0 Å². The second kappa shape index (κ2) is 5.64. The molecule has 1 unspecified atom stereocenters. The smallest absolute Gasteiger partial charge is 0.314 e. The molecular formula is C16H30O4. The number of aliphatic hydroxyl groups is 2. The van der Waals surface area contributed by atoms with Crippen molar-refractivity contribution in [1.82, 2.24) is 0 Å². The number of esters is 1. The minimum absolute atomic E-state index is 0.0915. The van der Waals surface area contributed by atoms with Gasteiger partial charge in [0.05, 0.1) is 23.7 Å². The summed E-state index contributed by atoms with van der Waals surface area (Å²) in [4.78, 5) is 12.2. The number of hydrogen-bond donors (Lipinski definition) is 2. The lowest BCUT2D eigenvalue weighted by Crippen LogP contribution is -2.50. The van der Waals surface area contributed by atoms with E-state index in [9.17, 15) is 15.0 Å². The lowest BCUT2D eigenvalue weighted by Gasteiger charge is -2.39. The van der Waals surface area contributed by atoms with Gasteiger partial charge in [-0.15, -0.1) is 0 Å². The first-order valence-electron chi connectivity index (χ1n) is 7.54. The Bertz CT molecular complexity index is 356. The van der Waals surface area contributed by atoms with Crippen molar-refractivity contribution >= 4 is 5.97 Å². The van der Waals surface area contributed by atoms with Gasteiger partial charge in [0.2, 0.25) is 0 Å². The Hall–Kier alpha value is -0.610. The van der Waals surface area contributed by atoms with Crippen molar-refractivity contribution < 1.29 is 19.7 Å². The maximum absolute atomic E-state index is 12.2. The van der Waals surface area contributed by atoms with Crippen molar-refractivity contribution in [3.63, 3.8) is 0 Å². The number of carbonyl (C=O) groups is 1. The van der Waals surface area contributed by atoms with E-state index in [0.29, 0.717) is 19.4 Å². The lowest BCUT2D eigenvalue weighted by molar-refractivity contribution is -0.171. The first kappa shape index (κ1) is 17.4. The molecule has 0 aromatic rings. The van der Waals surface area contributed by atoms with Crippen LogP contribution in [0.15, 0.2) is 0 Å². The fraction of sp³-hybridized carbons (Fsp3) is 0.938. The molecule has 0 amide bonds. The van der Waals surface area contributed by atoms with Crippen LogP contribution in [-0.4, -0.2) is 34.5 Å². The summed E-state index contributed by atoms with van der Waals surface area (Å²) in [6.07, 6.45) is 1.34. The molecule has 4 nitrogen and oxygen atoms in total. The molecule has 0 saturated heterocycles. The van der Waals surface area contributed by atoms with Crippen molar-refractivity contribution in [1.29, 1.82) is 0 Å². The Kier molecular flexibility index (Phi) is 4.92. The van der Waals surface area contributed by atoms with E-state index < -0.39 is 17.1 Å². The van der Waals surface area contributed by atoms with Gasteiger partial charge in [0.1, 0.15) is 0 Å². The van der Waals surface area contributed by atoms with Gasteiger partial charge in [-0.1, -0.05) is 20.8 Å². The fourth-order valence-corrected chi connectivity index (χ4v) is 3.02. The molecule has 0 aromatic heterocycles. The second-order valence-electron chi connectivity index (χ2n) is 7.55. The van der Waals surface area contributed by atoms with Crippen LogP contribution in [0.2, 0.25) is 0 Å². The number of carbonyl (C=O) groups excluding carboxylic acids is 1. The van der Waals surface area contributed by atoms with Crippen LogP contribution in [0.4, 0.5) is 0 Å². The summed E-state index contributed by atoms with van der Waals surface area (Å²) in [5.41, 5.74) is -2.25. The molecule has 20 heavy (non-hydrogen) atoms. The number of ether oxygens (including phenoxy) is 1. The molecule has 1 aliphatic rings. The first-order valence-corrected chi connectivity index (χ1v) is 7.54. The molecule has 2 N–H and O–H groups in total. The van der Waals surface area contributed by atoms with E-state index in [-0.39, 0.29) is 17.3 Å². The molecule has 0 spiro atoms. The van der Waals surface area contributed by atoms with E-state index in [1.165, 1.54) is 0 Å². The highest BCUT2D eigenvalue weighted by atomic mass is 16.5. The van der Waals surface area contributed by atoms with Crippen molar-refractivity contribution in [2.45, 2.75) is 72.5 Å². The van der Waals surface area contributed by atoms with Gasteiger partial charge < -0.3 is 14.9 Å². The Morgan fingerprint density at radius 2 is 1.95 bits per heavy atom. The lowest BCUT2D eigenvalue weighted by atomic mass is 9.71. The quantitative estimate of drug-likeness (QED) is 0.779. The minimum Gasteiger partial charge on any atom is -0.465 e. The largest absolute Gasteiger partial charge is 0.465 e. The van der Waals surface area contributed by atoms with E-state index in [0.717, 1.165) is 6.42 Å². The summed E-state index contributed by atoms with van der Waals surface area (Å²) >= 11 is 0. The van der Waals surface area contributed by atoms with E-state index in [1.54, 1.807) is 20.8 Å². The summed E-state index contributed by atoms with van der Waals surface area (Å²) in [6.45, 7) is 11.5.